The molecule has 16 heavy (non-hydrogen) atoms. The predicted octanol–water partition coefficient (Wildman–Crippen LogP) is 1.25. The van der Waals surface area contributed by atoms with Gasteiger partial charge in [-0.05, 0) is 20.3 Å². The van der Waals surface area contributed by atoms with Crippen LogP contribution in [0.25, 0.3) is 0 Å². The summed E-state index contributed by atoms with van der Waals surface area (Å²) in [4.78, 5) is 5.64. The van der Waals surface area contributed by atoms with Gasteiger partial charge in [-0.3, -0.25) is 0 Å². The van der Waals surface area contributed by atoms with E-state index in [4.69, 9.17) is 9.84 Å². The van der Waals surface area contributed by atoms with Crippen LogP contribution in [0, 0.1) is 13.8 Å². The van der Waals surface area contributed by atoms with Crippen molar-refractivity contribution >= 4 is 11.3 Å². The van der Waals surface area contributed by atoms with Gasteiger partial charge in [-0.25, -0.2) is 4.98 Å². The Kier molecular flexibility index (Phi) is 5.90. The molecule has 1 heterocycles. The van der Waals surface area contributed by atoms with Crippen LogP contribution in [0.15, 0.2) is 0 Å². The summed E-state index contributed by atoms with van der Waals surface area (Å²) < 4.78 is 5.09. The topological polar surface area (TPSA) is 54.4 Å². The van der Waals surface area contributed by atoms with Crippen LogP contribution in [0.2, 0.25) is 0 Å². The Hall–Kier alpha value is -0.490. The Balaban J connectivity index is 2.44. The Bertz CT molecular complexity index is 309. The van der Waals surface area contributed by atoms with Gasteiger partial charge < -0.3 is 15.2 Å². The van der Waals surface area contributed by atoms with Gasteiger partial charge in [-0.1, -0.05) is 0 Å². The third kappa shape index (κ3) is 4.17. The molecule has 1 aromatic heterocycles. The van der Waals surface area contributed by atoms with Crippen molar-refractivity contribution in [3.05, 3.63) is 15.6 Å². The summed E-state index contributed by atoms with van der Waals surface area (Å²) in [5.41, 5.74) is 1.09. The van der Waals surface area contributed by atoms with E-state index < -0.39 is 0 Å². The second-order valence-electron chi connectivity index (χ2n) is 3.79. The van der Waals surface area contributed by atoms with Gasteiger partial charge in [0.15, 0.2) is 0 Å². The van der Waals surface area contributed by atoms with Crippen molar-refractivity contribution in [2.24, 2.45) is 0 Å². The van der Waals surface area contributed by atoms with Crippen molar-refractivity contribution in [3.63, 3.8) is 0 Å². The number of aliphatic hydroxyl groups is 1. The minimum Gasteiger partial charge on any atom is -0.396 e. The SMILES string of the molecule is COCC(CCO)NCc1sc(C)nc1C. The smallest absolute Gasteiger partial charge is 0.0900 e. The first-order valence-corrected chi connectivity index (χ1v) is 6.25. The van der Waals surface area contributed by atoms with E-state index in [0.29, 0.717) is 13.0 Å². The van der Waals surface area contributed by atoms with Crippen LogP contribution < -0.4 is 5.32 Å². The molecule has 1 rings (SSSR count). The monoisotopic (exact) mass is 244 g/mol. The van der Waals surface area contributed by atoms with Gasteiger partial charge in [0, 0.05) is 31.2 Å². The second kappa shape index (κ2) is 6.96. The standard InChI is InChI=1S/C11H20N2O2S/c1-8-11(16-9(2)13-8)6-12-10(4-5-14)7-15-3/h10,12,14H,4-7H2,1-3H3. The van der Waals surface area contributed by atoms with Gasteiger partial charge in [0.05, 0.1) is 17.3 Å². The van der Waals surface area contributed by atoms with Crippen LogP contribution in [0.3, 0.4) is 0 Å². The number of aliphatic hydroxyl groups excluding tert-OH is 1. The molecule has 0 bridgehead atoms. The first kappa shape index (κ1) is 13.6. The molecule has 0 radical (unpaired) electrons. The van der Waals surface area contributed by atoms with E-state index >= 15 is 0 Å². The minimum atomic E-state index is 0.182. The van der Waals surface area contributed by atoms with Crippen molar-refractivity contribution in [3.8, 4) is 0 Å². The molecule has 92 valence electrons. The molecule has 0 amide bonds. The van der Waals surface area contributed by atoms with Gasteiger partial charge in [0.25, 0.3) is 0 Å². The van der Waals surface area contributed by atoms with E-state index in [1.165, 1.54) is 4.88 Å². The van der Waals surface area contributed by atoms with E-state index in [1.807, 2.05) is 13.8 Å². The van der Waals surface area contributed by atoms with Gasteiger partial charge in [-0.2, -0.15) is 0 Å². The number of thiazole rings is 1. The zero-order valence-electron chi connectivity index (χ0n) is 10.1. The Morgan fingerprint density at radius 2 is 2.25 bits per heavy atom. The molecule has 2 N–H and O–H groups in total. The second-order valence-corrected chi connectivity index (χ2v) is 5.07. The minimum absolute atomic E-state index is 0.182. The molecular weight excluding hydrogens is 224 g/mol. The molecule has 0 saturated carbocycles. The fourth-order valence-corrected chi connectivity index (χ4v) is 2.46. The van der Waals surface area contributed by atoms with Crippen molar-refractivity contribution in [2.45, 2.75) is 32.9 Å². The number of ether oxygens (including phenoxy) is 1. The summed E-state index contributed by atoms with van der Waals surface area (Å²) in [5, 5.41) is 13.4. The number of nitrogens with zero attached hydrogens (tertiary/aromatic N) is 1. The summed E-state index contributed by atoms with van der Waals surface area (Å²) in [5.74, 6) is 0. The van der Waals surface area contributed by atoms with E-state index in [1.54, 1.807) is 18.4 Å². The van der Waals surface area contributed by atoms with E-state index in [0.717, 1.165) is 17.2 Å². The molecule has 1 aromatic rings. The van der Waals surface area contributed by atoms with Crippen LogP contribution in [-0.2, 0) is 11.3 Å². The molecular formula is C11H20N2O2S. The zero-order valence-corrected chi connectivity index (χ0v) is 10.9. The normalized spacial score (nSPS) is 13.0. The van der Waals surface area contributed by atoms with Crippen LogP contribution >= 0.6 is 11.3 Å². The largest absolute Gasteiger partial charge is 0.396 e. The number of aromatic nitrogens is 1. The van der Waals surface area contributed by atoms with E-state index in [9.17, 15) is 0 Å². The Morgan fingerprint density at radius 1 is 1.50 bits per heavy atom. The lowest BCUT2D eigenvalue weighted by Crippen LogP contribution is -2.33. The molecule has 0 spiro atoms. The highest BCUT2D eigenvalue weighted by molar-refractivity contribution is 7.11. The molecule has 0 aromatic carbocycles. The first-order chi connectivity index (χ1) is 7.67. The van der Waals surface area contributed by atoms with Crippen LogP contribution in [0.1, 0.15) is 22.0 Å². The van der Waals surface area contributed by atoms with Crippen molar-refractivity contribution in [1.82, 2.24) is 10.3 Å². The van der Waals surface area contributed by atoms with Gasteiger partial charge in [-0.15, -0.1) is 11.3 Å². The van der Waals surface area contributed by atoms with Crippen molar-refractivity contribution in [2.75, 3.05) is 20.3 Å². The zero-order chi connectivity index (χ0) is 12.0. The van der Waals surface area contributed by atoms with Gasteiger partial charge in [0.1, 0.15) is 0 Å². The highest BCUT2D eigenvalue weighted by Gasteiger charge is 2.09. The maximum Gasteiger partial charge on any atom is 0.0900 e. The lowest BCUT2D eigenvalue weighted by molar-refractivity contribution is 0.148. The van der Waals surface area contributed by atoms with Crippen molar-refractivity contribution < 1.29 is 9.84 Å². The quantitative estimate of drug-likeness (QED) is 0.758. The van der Waals surface area contributed by atoms with Gasteiger partial charge >= 0.3 is 0 Å². The first-order valence-electron chi connectivity index (χ1n) is 5.43. The molecule has 0 aliphatic rings. The van der Waals surface area contributed by atoms with Crippen LogP contribution in [-0.4, -0.2) is 36.5 Å². The summed E-state index contributed by atoms with van der Waals surface area (Å²) in [6.45, 7) is 5.64. The highest BCUT2D eigenvalue weighted by atomic mass is 32.1. The maximum absolute atomic E-state index is 8.91. The van der Waals surface area contributed by atoms with E-state index in [-0.39, 0.29) is 12.6 Å². The third-order valence-corrected chi connectivity index (χ3v) is 3.47. The summed E-state index contributed by atoms with van der Waals surface area (Å²) in [6.07, 6.45) is 0.713. The number of hydrogen-bond acceptors (Lipinski definition) is 5. The lowest BCUT2D eigenvalue weighted by Gasteiger charge is -2.16. The Labute approximate surface area is 101 Å². The third-order valence-electron chi connectivity index (χ3n) is 2.40. The summed E-state index contributed by atoms with van der Waals surface area (Å²) in [7, 11) is 1.67. The number of nitrogens with one attached hydrogen (secondary N) is 1. The molecule has 0 fully saturated rings. The van der Waals surface area contributed by atoms with Crippen molar-refractivity contribution in [1.29, 1.82) is 0 Å². The van der Waals surface area contributed by atoms with Crippen LogP contribution in [0.4, 0.5) is 0 Å². The molecule has 1 atom stereocenters. The Morgan fingerprint density at radius 3 is 2.75 bits per heavy atom. The number of rotatable bonds is 7. The lowest BCUT2D eigenvalue weighted by atomic mass is 10.2. The number of aryl methyl sites for hydroxylation is 2. The average molecular weight is 244 g/mol. The fraction of sp³-hybridized carbons (Fsp3) is 0.727. The maximum atomic E-state index is 8.91. The molecule has 5 heteroatoms. The van der Waals surface area contributed by atoms with Crippen LogP contribution in [0.5, 0.6) is 0 Å². The number of hydrogen-bond donors (Lipinski definition) is 2. The summed E-state index contributed by atoms with van der Waals surface area (Å²) >= 11 is 1.72. The van der Waals surface area contributed by atoms with E-state index in [2.05, 4.69) is 10.3 Å². The molecule has 1 unspecified atom stereocenters. The predicted molar refractivity (Wildman–Crippen MR) is 65.8 cm³/mol. The fourth-order valence-electron chi connectivity index (χ4n) is 1.58. The molecule has 0 aliphatic heterocycles. The number of methoxy groups -OCH3 is 1. The summed E-state index contributed by atoms with van der Waals surface area (Å²) in [6, 6.07) is 0.205. The molecule has 0 aliphatic carbocycles. The highest BCUT2D eigenvalue weighted by Crippen LogP contribution is 2.16. The molecule has 0 saturated heterocycles. The van der Waals surface area contributed by atoms with Gasteiger partial charge in [0.2, 0.25) is 0 Å². The molecule has 4 nitrogen and oxygen atoms in total. The average Bonchev–Trinajstić information content (AvgIpc) is 2.54.